The molecule has 3 N–H and O–H groups in total. The summed E-state index contributed by atoms with van der Waals surface area (Å²) in [4.78, 5) is 22.1. The Labute approximate surface area is 133 Å². The van der Waals surface area contributed by atoms with Crippen LogP contribution in [0.2, 0.25) is 5.02 Å². The standard InChI is InChI=1S/C15H19ClFNO4/c16-10-8-11(14(21)12(17)9-10)15(22)18-7-5-3-1-2-4-6-13(19)20/h8-9,21H,1-7H2,(H,18,22)(H,19,20). The quantitative estimate of drug-likeness (QED) is 0.606. The lowest BCUT2D eigenvalue weighted by Crippen LogP contribution is -2.24. The van der Waals surface area contributed by atoms with E-state index in [9.17, 15) is 19.1 Å². The molecule has 1 aromatic rings. The Kier molecular flexibility index (Phi) is 7.66. The second-order valence-corrected chi connectivity index (χ2v) is 5.39. The third-order valence-corrected chi connectivity index (χ3v) is 3.34. The third-order valence-electron chi connectivity index (χ3n) is 3.13. The molecule has 1 amide bonds. The van der Waals surface area contributed by atoms with E-state index >= 15 is 0 Å². The van der Waals surface area contributed by atoms with Crippen LogP contribution in [-0.4, -0.2) is 28.6 Å². The molecule has 0 aliphatic heterocycles. The minimum Gasteiger partial charge on any atom is -0.504 e. The highest BCUT2D eigenvalue weighted by Crippen LogP contribution is 2.25. The van der Waals surface area contributed by atoms with Gasteiger partial charge >= 0.3 is 5.97 Å². The zero-order valence-electron chi connectivity index (χ0n) is 12.1. The second kappa shape index (κ2) is 9.25. The smallest absolute Gasteiger partial charge is 0.303 e. The maximum Gasteiger partial charge on any atom is 0.303 e. The van der Waals surface area contributed by atoms with E-state index in [1.807, 2.05) is 0 Å². The summed E-state index contributed by atoms with van der Waals surface area (Å²) in [5.74, 6) is -3.02. The first-order valence-electron chi connectivity index (χ1n) is 7.10. The molecule has 1 aromatic carbocycles. The molecule has 0 heterocycles. The summed E-state index contributed by atoms with van der Waals surface area (Å²) in [6, 6.07) is 2.14. The van der Waals surface area contributed by atoms with Crippen molar-refractivity contribution in [3.63, 3.8) is 0 Å². The number of unbranched alkanes of at least 4 members (excludes halogenated alkanes) is 4. The van der Waals surface area contributed by atoms with Crippen molar-refractivity contribution in [2.45, 2.75) is 38.5 Å². The average molecular weight is 332 g/mol. The molecule has 22 heavy (non-hydrogen) atoms. The van der Waals surface area contributed by atoms with E-state index in [0.29, 0.717) is 13.0 Å². The van der Waals surface area contributed by atoms with E-state index in [4.69, 9.17) is 16.7 Å². The van der Waals surface area contributed by atoms with Crippen LogP contribution >= 0.6 is 11.6 Å². The fraction of sp³-hybridized carbons (Fsp3) is 0.467. The van der Waals surface area contributed by atoms with Crippen LogP contribution in [0.15, 0.2) is 12.1 Å². The summed E-state index contributed by atoms with van der Waals surface area (Å²) >= 11 is 5.65. The number of phenols is 1. The van der Waals surface area contributed by atoms with Gasteiger partial charge in [-0.3, -0.25) is 9.59 Å². The fourth-order valence-corrected chi connectivity index (χ4v) is 2.17. The molecule has 7 heteroatoms. The van der Waals surface area contributed by atoms with E-state index < -0.39 is 23.4 Å². The molecule has 0 saturated heterocycles. The number of rotatable bonds is 9. The van der Waals surface area contributed by atoms with Crippen molar-refractivity contribution in [3.05, 3.63) is 28.5 Å². The lowest BCUT2D eigenvalue weighted by atomic mass is 10.1. The Bertz CT molecular complexity index is 537. The number of aromatic hydroxyl groups is 1. The molecule has 0 atom stereocenters. The largest absolute Gasteiger partial charge is 0.504 e. The van der Waals surface area contributed by atoms with Crippen LogP contribution in [0.5, 0.6) is 5.75 Å². The van der Waals surface area contributed by atoms with Gasteiger partial charge in [0.2, 0.25) is 0 Å². The van der Waals surface area contributed by atoms with Gasteiger partial charge in [-0.1, -0.05) is 30.9 Å². The first kappa shape index (κ1) is 18.2. The number of halogens is 2. The Hall–Kier alpha value is -1.82. The number of carboxylic acids is 1. The lowest BCUT2D eigenvalue weighted by Gasteiger charge is -2.08. The van der Waals surface area contributed by atoms with Gasteiger partial charge in [-0.2, -0.15) is 0 Å². The van der Waals surface area contributed by atoms with Gasteiger partial charge in [0.1, 0.15) is 0 Å². The van der Waals surface area contributed by atoms with Gasteiger partial charge in [-0.15, -0.1) is 0 Å². The van der Waals surface area contributed by atoms with E-state index in [1.54, 1.807) is 0 Å². The monoisotopic (exact) mass is 331 g/mol. The van der Waals surface area contributed by atoms with E-state index in [-0.39, 0.29) is 17.0 Å². The van der Waals surface area contributed by atoms with Crippen LogP contribution in [0.1, 0.15) is 48.9 Å². The molecule has 0 aliphatic carbocycles. The minimum absolute atomic E-state index is 0.0406. The number of carboxylic acid groups (broad SMARTS) is 1. The van der Waals surface area contributed by atoms with Crippen LogP contribution < -0.4 is 5.32 Å². The Morgan fingerprint density at radius 3 is 2.45 bits per heavy atom. The summed E-state index contributed by atoms with van der Waals surface area (Å²) in [6.07, 6.45) is 4.13. The number of aliphatic carboxylic acids is 1. The van der Waals surface area contributed by atoms with Crippen molar-refractivity contribution >= 4 is 23.5 Å². The number of benzene rings is 1. The predicted molar refractivity (Wildman–Crippen MR) is 80.7 cm³/mol. The number of phenolic OH excluding ortho intramolecular Hbond substituents is 1. The minimum atomic E-state index is -0.934. The van der Waals surface area contributed by atoms with Crippen LogP contribution in [0.3, 0.4) is 0 Å². The Morgan fingerprint density at radius 1 is 1.14 bits per heavy atom. The predicted octanol–water partition coefficient (Wildman–Crippen LogP) is 3.34. The molecule has 0 spiro atoms. The van der Waals surface area contributed by atoms with Crippen LogP contribution in [0.25, 0.3) is 0 Å². The molecule has 5 nitrogen and oxygen atoms in total. The third kappa shape index (κ3) is 6.30. The van der Waals surface area contributed by atoms with Crippen LogP contribution in [-0.2, 0) is 4.79 Å². The summed E-state index contributed by atoms with van der Waals surface area (Å²) in [5.41, 5.74) is -0.188. The Balaban J connectivity index is 2.25. The van der Waals surface area contributed by atoms with Gasteiger partial charge in [0, 0.05) is 18.0 Å². The van der Waals surface area contributed by atoms with Crippen molar-refractivity contribution in [2.75, 3.05) is 6.54 Å². The number of amides is 1. The summed E-state index contributed by atoms with van der Waals surface area (Å²) in [7, 11) is 0. The highest BCUT2D eigenvalue weighted by atomic mass is 35.5. The molecule has 122 valence electrons. The van der Waals surface area contributed by atoms with Crippen molar-refractivity contribution in [1.82, 2.24) is 5.32 Å². The molecule has 1 rings (SSSR count). The zero-order valence-corrected chi connectivity index (χ0v) is 12.8. The molecule has 0 unspecified atom stereocenters. The highest BCUT2D eigenvalue weighted by molar-refractivity contribution is 6.31. The first-order valence-corrected chi connectivity index (χ1v) is 7.47. The van der Waals surface area contributed by atoms with Gasteiger partial charge < -0.3 is 15.5 Å². The first-order chi connectivity index (χ1) is 10.4. The molecular formula is C15H19ClFNO4. The summed E-state index contributed by atoms with van der Waals surface area (Å²) < 4.78 is 13.3. The number of carbonyl (C=O) groups is 2. The fourth-order valence-electron chi connectivity index (χ4n) is 1.97. The average Bonchev–Trinajstić information content (AvgIpc) is 2.45. The molecule has 0 fully saturated rings. The van der Waals surface area contributed by atoms with E-state index in [2.05, 4.69) is 5.32 Å². The van der Waals surface area contributed by atoms with Crippen molar-refractivity contribution in [3.8, 4) is 5.75 Å². The topological polar surface area (TPSA) is 86.6 Å². The number of hydrogen-bond donors (Lipinski definition) is 3. The van der Waals surface area contributed by atoms with Gasteiger partial charge in [0.15, 0.2) is 11.6 Å². The Morgan fingerprint density at radius 2 is 1.77 bits per heavy atom. The van der Waals surface area contributed by atoms with Crippen LogP contribution in [0, 0.1) is 5.82 Å². The highest BCUT2D eigenvalue weighted by Gasteiger charge is 2.15. The van der Waals surface area contributed by atoms with Gasteiger partial charge in [0.05, 0.1) is 5.56 Å². The number of hydrogen-bond acceptors (Lipinski definition) is 3. The number of carbonyl (C=O) groups excluding carboxylic acids is 1. The maximum absolute atomic E-state index is 13.3. The zero-order chi connectivity index (χ0) is 16.5. The van der Waals surface area contributed by atoms with Crippen LogP contribution in [0.4, 0.5) is 4.39 Å². The molecule has 0 saturated carbocycles. The molecular weight excluding hydrogens is 313 g/mol. The lowest BCUT2D eigenvalue weighted by molar-refractivity contribution is -0.137. The van der Waals surface area contributed by atoms with Gasteiger partial charge in [-0.05, 0) is 25.0 Å². The maximum atomic E-state index is 13.3. The molecule has 0 radical (unpaired) electrons. The van der Waals surface area contributed by atoms with Crippen molar-refractivity contribution in [1.29, 1.82) is 0 Å². The van der Waals surface area contributed by atoms with Gasteiger partial charge in [-0.25, -0.2) is 4.39 Å². The second-order valence-electron chi connectivity index (χ2n) is 4.95. The molecule has 0 aliphatic rings. The van der Waals surface area contributed by atoms with E-state index in [0.717, 1.165) is 31.7 Å². The van der Waals surface area contributed by atoms with E-state index in [1.165, 1.54) is 6.07 Å². The normalized spacial score (nSPS) is 10.5. The van der Waals surface area contributed by atoms with Gasteiger partial charge in [0.25, 0.3) is 5.91 Å². The molecule has 0 aromatic heterocycles. The SMILES string of the molecule is O=C(O)CCCCCCCNC(=O)c1cc(Cl)cc(F)c1O. The summed E-state index contributed by atoms with van der Waals surface area (Å²) in [5, 5.41) is 20.6. The summed E-state index contributed by atoms with van der Waals surface area (Å²) in [6.45, 7) is 0.394. The van der Waals surface area contributed by atoms with Crippen molar-refractivity contribution in [2.24, 2.45) is 0 Å². The van der Waals surface area contributed by atoms with Crippen molar-refractivity contribution < 1.29 is 24.2 Å². The molecule has 0 bridgehead atoms. The number of nitrogens with one attached hydrogen (secondary N) is 1.